The number of hydrogen-bond acceptors (Lipinski definition) is 4. The molecule has 100 valence electrons. The Morgan fingerprint density at radius 1 is 1.42 bits per heavy atom. The van der Waals surface area contributed by atoms with Crippen LogP contribution in [0.25, 0.3) is 0 Å². The third-order valence-electron chi connectivity index (χ3n) is 2.57. The fourth-order valence-corrected chi connectivity index (χ4v) is 1.81. The summed E-state index contributed by atoms with van der Waals surface area (Å²) in [5.41, 5.74) is 1.25. The van der Waals surface area contributed by atoms with Gasteiger partial charge < -0.3 is 5.32 Å². The van der Waals surface area contributed by atoms with E-state index >= 15 is 0 Å². The third-order valence-corrected chi connectivity index (χ3v) is 2.57. The van der Waals surface area contributed by atoms with E-state index in [0.717, 1.165) is 11.6 Å². The predicted octanol–water partition coefficient (Wildman–Crippen LogP) is 1.70. The monoisotopic (exact) mass is 264 g/mol. The second-order valence-corrected chi connectivity index (χ2v) is 4.15. The molecule has 0 unspecified atom stereocenters. The van der Waals surface area contributed by atoms with Crippen LogP contribution in [0.5, 0.6) is 0 Å². The molecule has 0 aliphatic heterocycles. The van der Waals surface area contributed by atoms with Gasteiger partial charge in [0.2, 0.25) is 0 Å². The second-order valence-electron chi connectivity index (χ2n) is 4.15. The first kappa shape index (κ1) is 13.2. The minimum Gasteiger partial charge on any atom is -0.316 e. The SMILES string of the molecule is CNCc1cnn(Cc2cc(F)cc([N+](=O)[O-])c2)c1. The highest BCUT2D eigenvalue weighted by molar-refractivity contribution is 5.35. The molecule has 0 saturated heterocycles. The molecule has 2 aromatic rings. The van der Waals surface area contributed by atoms with E-state index in [0.29, 0.717) is 18.7 Å². The number of nitrogens with zero attached hydrogens (tertiary/aromatic N) is 3. The van der Waals surface area contributed by atoms with E-state index < -0.39 is 10.7 Å². The molecule has 2 rings (SSSR count). The van der Waals surface area contributed by atoms with Gasteiger partial charge in [-0.25, -0.2) is 4.39 Å². The normalized spacial score (nSPS) is 10.6. The van der Waals surface area contributed by atoms with Crippen LogP contribution in [-0.4, -0.2) is 21.8 Å². The molecule has 0 aliphatic rings. The van der Waals surface area contributed by atoms with Gasteiger partial charge in [0.15, 0.2) is 0 Å². The van der Waals surface area contributed by atoms with Gasteiger partial charge in [-0.2, -0.15) is 5.10 Å². The molecule has 0 fully saturated rings. The van der Waals surface area contributed by atoms with Crippen molar-refractivity contribution in [2.24, 2.45) is 0 Å². The minimum absolute atomic E-state index is 0.252. The van der Waals surface area contributed by atoms with Crippen LogP contribution in [-0.2, 0) is 13.1 Å². The molecule has 0 bridgehead atoms. The maximum Gasteiger partial charge on any atom is 0.272 e. The van der Waals surface area contributed by atoms with Gasteiger partial charge in [-0.05, 0) is 18.7 Å². The second kappa shape index (κ2) is 5.57. The Bertz CT molecular complexity index is 597. The fourth-order valence-electron chi connectivity index (χ4n) is 1.81. The summed E-state index contributed by atoms with van der Waals surface area (Å²) in [6.07, 6.45) is 3.51. The average Bonchev–Trinajstić information content (AvgIpc) is 2.76. The van der Waals surface area contributed by atoms with Crippen LogP contribution in [0.4, 0.5) is 10.1 Å². The largest absolute Gasteiger partial charge is 0.316 e. The van der Waals surface area contributed by atoms with Crippen molar-refractivity contribution >= 4 is 5.69 Å². The average molecular weight is 264 g/mol. The smallest absolute Gasteiger partial charge is 0.272 e. The van der Waals surface area contributed by atoms with Crippen molar-refractivity contribution in [2.45, 2.75) is 13.1 Å². The molecule has 1 N–H and O–H groups in total. The lowest BCUT2D eigenvalue weighted by atomic mass is 10.2. The van der Waals surface area contributed by atoms with Crippen molar-refractivity contribution < 1.29 is 9.31 Å². The topological polar surface area (TPSA) is 73.0 Å². The fraction of sp³-hybridized carbons (Fsp3) is 0.250. The van der Waals surface area contributed by atoms with Crippen molar-refractivity contribution in [1.29, 1.82) is 0 Å². The van der Waals surface area contributed by atoms with Gasteiger partial charge in [-0.15, -0.1) is 0 Å². The van der Waals surface area contributed by atoms with E-state index in [1.54, 1.807) is 10.9 Å². The van der Waals surface area contributed by atoms with E-state index in [1.165, 1.54) is 12.1 Å². The van der Waals surface area contributed by atoms with Crippen molar-refractivity contribution in [3.8, 4) is 0 Å². The molecule has 0 saturated carbocycles. The zero-order chi connectivity index (χ0) is 13.8. The van der Waals surface area contributed by atoms with Crippen LogP contribution in [0, 0.1) is 15.9 Å². The Hall–Kier alpha value is -2.28. The lowest BCUT2D eigenvalue weighted by Crippen LogP contribution is -2.04. The van der Waals surface area contributed by atoms with Crippen LogP contribution in [0.3, 0.4) is 0 Å². The highest BCUT2D eigenvalue weighted by atomic mass is 19.1. The number of nitro benzene ring substituents is 1. The molecule has 6 nitrogen and oxygen atoms in total. The van der Waals surface area contributed by atoms with E-state index in [9.17, 15) is 14.5 Å². The maximum absolute atomic E-state index is 13.3. The van der Waals surface area contributed by atoms with Crippen LogP contribution < -0.4 is 5.32 Å². The number of halogens is 1. The van der Waals surface area contributed by atoms with E-state index in [2.05, 4.69) is 10.4 Å². The number of aromatic nitrogens is 2. The Morgan fingerprint density at radius 2 is 2.21 bits per heavy atom. The number of benzene rings is 1. The van der Waals surface area contributed by atoms with Gasteiger partial charge in [0.1, 0.15) is 5.82 Å². The number of nitrogens with one attached hydrogen (secondary N) is 1. The molecule has 1 aromatic carbocycles. The van der Waals surface area contributed by atoms with Gasteiger partial charge >= 0.3 is 0 Å². The summed E-state index contributed by atoms with van der Waals surface area (Å²) in [5.74, 6) is -0.619. The molecular weight excluding hydrogens is 251 g/mol. The van der Waals surface area contributed by atoms with Gasteiger partial charge in [-0.1, -0.05) is 0 Å². The zero-order valence-corrected chi connectivity index (χ0v) is 10.3. The molecule has 0 aliphatic carbocycles. The van der Waals surface area contributed by atoms with Crippen LogP contribution in [0.2, 0.25) is 0 Å². The molecule has 0 radical (unpaired) electrons. The third kappa shape index (κ3) is 3.35. The van der Waals surface area contributed by atoms with Crippen molar-refractivity contribution in [3.63, 3.8) is 0 Å². The summed E-state index contributed by atoms with van der Waals surface area (Å²) in [6, 6.07) is 3.52. The van der Waals surface area contributed by atoms with Gasteiger partial charge in [0.25, 0.3) is 5.69 Å². The van der Waals surface area contributed by atoms with Crippen molar-refractivity contribution in [2.75, 3.05) is 7.05 Å². The van der Waals surface area contributed by atoms with Gasteiger partial charge in [0.05, 0.1) is 23.7 Å². The summed E-state index contributed by atoms with van der Waals surface area (Å²) in [5, 5.41) is 17.8. The van der Waals surface area contributed by atoms with Gasteiger partial charge in [0, 0.05) is 24.4 Å². The minimum atomic E-state index is -0.619. The highest BCUT2D eigenvalue weighted by Crippen LogP contribution is 2.17. The Balaban J connectivity index is 2.19. The molecule has 0 amide bonds. The number of non-ortho nitro benzene ring substituents is 1. The molecule has 1 aromatic heterocycles. The Kier molecular flexibility index (Phi) is 3.86. The standard InChI is InChI=1S/C12H13FN4O2/c1-14-5-10-6-15-16(8-10)7-9-2-11(13)4-12(3-9)17(18)19/h2-4,6,8,14H,5,7H2,1H3. The summed E-state index contributed by atoms with van der Waals surface area (Å²) in [6.45, 7) is 0.978. The first-order chi connectivity index (χ1) is 9.08. The lowest BCUT2D eigenvalue weighted by molar-refractivity contribution is -0.385. The number of nitro groups is 1. The van der Waals surface area contributed by atoms with Crippen LogP contribution >= 0.6 is 0 Å². The Labute approximate surface area is 109 Å². The molecule has 1 heterocycles. The molecule has 19 heavy (non-hydrogen) atoms. The van der Waals surface area contributed by atoms with E-state index in [-0.39, 0.29) is 5.69 Å². The quantitative estimate of drug-likeness (QED) is 0.659. The van der Waals surface area contributed by atoms with Gasteiger partial charge in [-0.3, -0.25) is 14.8 Å². The first-order valence-corrected chi connectivity index (χ1v) is 5.68. The summed E-state index contributed by atoms with van der Waals surface area (Å²) < 4.78 is 14.9. The van der Waals surface area contributed by atoms with Crippen molar-refractivity contribution in [3.05, 3.63) is 57.7 Å². The summed E-state index contributed by atoms with van der Waals surface area (Å²) in [4.78, 5) is 10.0. The van der Waals surface area contributed by atoms with Crippen LogP contribution in [0.1, 0.15) is 11.1 Å². The zero-order valence-electron chi connectivity index (χ0n) is 10.3. The molecule has 0 atom stereocenters. The maximum atomic E-state index is 13.3. The molecular formula is C12H13FN4O2. The molecule has 0 spiro atoms. The summed E-state index contributed by atoms with van der Waals surface area (Å²) >= 11 is 0. The molecule has 7 heteroatoms. The predicted molar refractivity (Wildman–Crippen MR) is 67.1 cm³/mol. The summed E-state index contributed by atoms with van der Waals surface area (Å²) in [7, 11) is 1.83. The van der Waals surface area contributed by atoms with Crippen LogP contribution in [0.15, 0.2) is 30.6 Å². The lowest BCUT2D eigenvalue weighted by Gasteiger charge is -2.02. The van der Waals surface area contributed by atoms with E-state index in [1.807, 2.05) is 13.2 Å². The highest BCUT2D eigenvalue weighted by Gasteiger charge is 2.10. The van der Waals surface area contributed by atoms with Crippen molar-refractivity contribution in [1.82, 2.24) is 15.1 Å². The number of rotatable bonds is 5. The van der Waals surface area contributed by atoms with E-state index in [4.69, 9.17) is 0 Å². The Morgan fingerprint density at radius 3 is 2.89 bits per heavy atom. The first-order valence-electron chi connectivity index (χ1n) is 5.68. The number of hydrogen-bond donors (Lipinski definition) is 1.